The van der Waals surface area contributed by atoms with Gasteiger partial charge in [0, 0.05) is 10.8 Å². The van der Waals surface area contributed by atoms with E-state index in [0.29, 0.717) is 6.42 Å². The molecule has 0 aliphatic heterocycles. The summed E-state index contributed by atoms with van der Waals surface area (Å²) in [6, 6.07) is 0. The number of ether oxygens (including phenoxy) is 1. The summed E-state index contributed by atoms with van der Waals surface area (Å²) in [6.07, 6.45) is -2.53. The predicted molar refractivity (Wildman–Crippen MR) is 53.1 cm³/mol. The lowest BCUT2D eigenvalue weighted by atomic mass is 9.62. The van der Waals surface area contributed by atoms with Crippen molar-refractivity contribution in [2.24, 2.45) is 5.41 Å². The largest absolute Gasteiger partial charge is 0.411 e. The van der Waals surface area contributed by atoms with Gasteiger partial charge in [-0.3, -0.25) is 0 Å². The smallest absolute Gasteiger partial charge is 0.368 e. The van der Waals surface area contributed by atoms with Crippen LogP contribution in [-0.2, 0) is 4.74 Å². The van der Waals surface area contributed by atoms with Gasteiger partial charge in [0.15, 0.2) is 0 Å². The van der Waals surface area contributed by atoms with Crippen molar-refractivity contribution < 1.29 is 17.9 Å². The first-order valence-electron chi connectivity index (χ1n) is 5.18. The van der Waals surface area contributed by atoms with Gasteiger partial charge in [-0.1, -0.05) is 13.8 Å². The van der Waals surface area contributed by atoms with Gasteiger partial charge in [-0.25, -0.2) is 0 Å². The standard InChI is InChI=1S/C10H16ClF3O/c1-3-9(4-2)7(11)5-8(9)15-6-10(12,13)14/h7-8H,3-6H2,1-2H3. The molecule has 90 valence electrons. The highest BCUT2D eigenvalue weighted by atomic mass is 35.5. The summed E-state index contributed by atoms with van der Waals surface area (Å²) >= 11 is 6.06. The fourth-order valence-electron chi connectivity index (χ4n) is 2.28. The molecule has 2 unspecified atom stereocenters. The topological polar surface area (TPSA) is 9.23 Å². The molecular weight excluding hydrogens is 229 g/mol. The quantitative estimate of drug-likeness (QED) is 0.685. The molecule has 0 heterocycles. The third-order valence-corrected chi connectivity index (χ3v) is 4.06. The molecule has 2 atom stereocenters. The monoisotopic (exact) mass is 244 g/mol. The number of hydrogen-bond acceptors (Lipinski definition) is 1. The van der Waals surface area contributed by atoms with Crippen molar-refractivity contribution in [1.29, 1.82) is 0 Å². The normalized spacial score (nSPS) is 30.0. The minimum atomic E-state index is -4.25. The number of rotatable bonds is 4. The Kier molecular flexibility index (Phi) is 3.93. The summed E-state index contributed by atoms with van der Waals surface area (Å²) < 4.78 is 40.8. The number of hydrogen-bond donors (Lipinski definition) is 0. The maximum absolute atomic E-state index is 12.0. The molecule has 1 nitrogen and oxygen atoms in total. The zero-order valence-electron chi connectivity index (χ0n) is 8.90. The molecule has 0 aromatic heterocycles. The second-order valence-corrected chi connectivity index (χ2v) is 4.59. The molecule has 0 spiro atoms. The van der Waals surface area contributed by atoms with Crippen LogP contribution in [0.3, 0.4) is 0 Å². The fraction of sp³-hybridized carbons (Fsp3) is 1.00. The van der Waals surface area contributed by atoms with Crippen LogP contribution in [0, 0.1) is 5.41 Å². The van der Waals surface area contributed by atoms with E-state index in [1.54, 1.807) is 0 Å². The van der Waals surface area contributed by atoms with E-state index < -0.39 is 12.8 Å². The van der Waals surface area contributed by atoms with Gasteiger partial charge in [-0.15, -0.1) is 11.6 Å². The van der Waals surface area contributed by atoms with E-state index in [0.717, 1.165) is 12.8 Å². The van der Waals surface area contributed by atoms with Crippen molar-refractivity contribution in [3.8, 4) is 0 Å². The van der Waals surface area contributed by atoms with Crippen LogP contribution < -0.4 is 0 Å². The SMILES string of the molecule is CCC1(CC)C(Cl)CC1OCC(F)(F)F. The Labute approximate surface area is 92.9 Å². The zero-order chi connectivity index (χ0) is 11.7. The summed E-state index contributed by atoms with van der Waals surface area (Å²) in [5.74, 6) is 0. The van der Waals surface area contributed by atoms with Crippen molar-refractivity contribution in [3.05, 3.63) is 0 Å². The summed E-state index contributed by atoms with van der Waals surface area (Å²) in [4.78, 5) is 0. The first-order valence-corrected chi connectivity index (χ1v) is 5.61. The predicted octanol–water partition coefficient (Wildman–Crippen LogP) is 3.75. The van der Waals surface area contributed by atoms with Gasteiger partial charge in [-0.05, 0) is 19.3 Å². The lowest BCUT2D eigenvalue weighted by molar-refractivity contribution is -0.216. The average molecular weight is 245 g/mol. The Hall–Kier alpha value is 0.0400. The lowest BCUT2D eigenvalue weighted by Gasteiger charge is -2.52. The van der Waals surface area contributed by atoms with Gasteiger partial charge in [0.2, 0.25) is 0 Å². The molecule has 0 bridgehead atoms. The molecule has 5 heteroatoms. The van der Waals surface area contributed by atoms with Gasteiger partial charge in [-0.2, -0.15) is 13.2 Å². The summed E-state index contributed by atoms with van der Waals surface area (Å²) in [7, 11) is 0. The van der Waals surface area contributed by atoms with Crippen LogP contribution in [0.25, 0.3) is 0 Å². The third-order valence-electron chi connectivity index (χ3n) is 3.45. The van der Waals surface area contributed by atoms with Crippen LogP contribution in [-0.4, -0.2) is 24.3 Å². The Bertz CT molecular complexity index is 213. The molecule has 1 fully saturated rings. The van der Waals surface area contributed by atoms with Gasteiger partial charge < -0.3 is 4.74 Å². The zero-order valence-corrected chi connectivity index (χ0v) is 9.66. The van der Waals surface area contributed by atoms with Gasteiger partial charge in [0.1, 0.15) is 6.61 Å². The van der Waals surface area contributed by atoms with E-state index in [9.17, 15) is 13.2 Å². The highest BCUT2D eigenvalue weighted by molar-refractivity contribution is 6.21. The van der Waals surface area contributed by atoms with Gasteiger partial charge >= 0.3 is 6.18 Å². The molecule has 0 radical (unpaired) electrons. The van der Waals surface area contributed by atoms with Crippen LogP contribution in [0.1, 0.15) is 33.1 Å². The fourth-order valence-corrected chi connectivity index (χ4v) is 2.89. The van der Waals surface area contributed by atoms with E-state index in [-0.39, 0.29) is 16.9 Å². The summed E-state index contributed by atoms with van der Waals surface area (Å²) in [5.41, 5.74) is -0.257. The Morgan fingerprint density at radius 1 is 1.33 bits per heavy atom. The van der Waals surface area contributed by atoms with Crippen molar-refractivity contribution in [1.82, 2.24) is 0 Å². The van der Waals surface area contributed by atoms with Crippen LogP contribution in [0.5, 0.6) is 0 Å². The molecule has 0 aromatic carbocycles. The van der Waals surface area contributed by atoms with Crippen LogP contribution in [0.4, 0.5) is 13.2 Å². The average Bonchev–Trinajstić information content (AvgIpc) is 2.12. The first-order chi connectivity index (χ1) is 6.85. The minimum absolute atomic E-state index is 0.0502. The second kappa shape index (κ2) is 4.50. The lowest BCUT2D eigenvalue weighted by Crippen LogP contribution is -2.55. The Morgan fingerprint density at radius 3 is 2.20 bits per heavy atom. The van der Waals surface area contributed by atoms with Gasteiger partial charge in [0.05, 0.1) is 6.10 Å². The summed E-state index contributed by atoms with van der Waals surface area (Å²) in [5, 5.41) is -0.0502. The molecule has 1 aliphatic carbocycles. The highest BCUT2D eigenvalue weighted by Gasteiger charge is 2.53. The molecule has 1 saturated carbocycles. The van der Waals surface area contributed by atoms with E-state index in [1.807, 2.05) is 13.8 Å². The number of alkyl halides is 4. The van der Waals surface area contributed by atoms with Gasteiger partial charge in [0.25, 0.3) is 0 Å². The molecule has 0 saturated heterocycles. The van der Waals surface area contributed by atoms with E-state index in [4.69, 9.17) is 16.3 Å². The first kappa shape index (κ1) is 13.1. The molecule has 15 heavy (non-hydrogen) atoms. The Morgan fingerprint density at radius 2 is 1.87 bits per heavy atom. The Balaban J connectivity index is 2.51. The van der Waals surface area contributed by atoms with Crippen LogP contribution in [0.15, 0.2) is 0 Å². The summed E-state index contributed by atoms with van der Waals surface area (Å²) in [6.45, 7) is 2.73. The molecule has 1 rings (SSSR count). The van der Waals surface area contributed by atoms with Crippen molar-refractivity contribution in [2.45, 2.75) is 50.8 Å². The maximum Gasteiger partial charge on any atom is 0.411 e. The third kappa shape index (κ3) is 2.59. The van der Waals surface area contributed by atoms with E-state index in [2.05, 4.69) is 0 Å². The maximum atomic E-state index is 12.0. The van der Waals surface area contributed by atoms with E-state index in [1.165, 1.54) is 0 Å². The highest BCUT2D eigenvalue weighted by Crippen LogP contribution is 2.52. The van der Waals surface area contributed by atoms with E-state index >= 15 is 0 Å². The van der Waals surface area contributed by atoms with Crippen LogP contribution >= 0.6 is 11.6 Å². The second-order valence-electron chi connectivity index (χ2n) is 4.06. The van der Waals surface area contributed by atoms with Crippen LogP contribution in [0.2, 0.25) is 0 Å². The minimum Gasteiger partial charge on any atom is -0.368 e. The van der Waals surface area contributed by atoms with Crippen molar-refractivity contribution in [2.75, 3.05) is 6.61 Å². The molecular formula is C10H16ClF3O. The molecule has 0 amide bonds. The number of halogens is 4. The molecule has 1 aliphatic rings. The van der Waals surface area contributed by atoms with Crippen molar-refractivity contribution >= 4 is 11.6 Å². The van der Waals surface area contributed by atoms with Crippen molar-refractivity contribution in [3.63, 3.8) is 0 Å². The molecule has 0 aromatic rings. The molecule has 0 N–H and O–H groups in total.